The first-order valence-corrected chi connectivity index (χ1v) is 9.17. The number of amides is 1. The second kappa shape index (κ2) is 7.69. The van der Waals surface area contributed by atoms with Gasteiger partial charge in [-0.25, -0.2) is 4.98 Å². The van der Waals surface area contributed by atoms with E-state index in [-0.39, 0.29) is 11.4 Å². The lowest BCUT2D eigenvalue weighted by Gasteiger charge is -2.33. The minimum absolute atomic E-state index is 0.116. The molecule has 0 radical (unpaired) electrons. The van der Waals surface area contributed by atoms with Gasteiger partial charge in [-0.15, -0.1) is 0 Å². The van der Waals surface area contributed by atoms with Crippen LogP contribution in [-0.2, 0) is 6.42 Å². The molecule has 0 bridgehead atoms. The number of hydrogen-bond donors (Lipinski definition) is 1. The minimum atomic E-state index is -0.320. The summed E-state index contributed by atoms with van der Waals surface area (Å²) in [4.78, 5) is 17.4. The molecule has 0 saturated heterocycles. The molecule has 0 fully saturated rings. The zero-order valence-corrected chi connectivity index (χ0v) is 15.7. The van der Waals surface area contributed by atoms with Gasteiger partial charge in [-0.05, 0) is 43.4 Å². The second-order valence-electron chi connectivity index (χ2n) is 7.66. The molecule has 3 heteroatoms. The number of benzene rings is 2. The lowest BCUT2D eigenvalue weighted by Crippen LogP contribution is -2.48. The summed E-state index contributed by atoms with van der Waals surface area (Å²) in [5, 5.41) is 4.29. The van der Waals surface area contributed by atoms with Gasteiger partial charge in [-0.1, -0.05) is 68.4 Å². The van der Waals surface area contributed by atoms with Crippen molar-refractivity contribution in [1.29, 1.82) is 0 Å². The Bertz CT molecular complexity index is 889. The van der Waals surface area contributed by atoms with E-state index in [1.165, 1.54) is 5.56 Å². The van der Waals surface area contributed by atoms with Crippen molar-refractivity contribution in [2.45, 2.75) is 39.2 Å². The van der Waals surface area contributed by atoms with E-state index in [0.717, 1.165) is 23.7 Å². The predicted molar refractivity (Wildman–Crippen MR) is 107 cm³/mol. The second-order valence-corrected chi connectivity index (χ2v) is 7.66. The highest BCUT2D eigenvalue weighted by Gasteiger charge is 2.28. The fourth-order valence-electron chi connectivity index (χ4n) is 3.65. The number of aromatic nitrogens is 1. The summed E-state index contributed by atoms with van der Waals surface area (Å²) in [5.41, 5.74) is 2.21. The van der Waals surface area contributed by atoms with Crippen LogP contribution in [-0.4, -0.2) is 16.4 Å². The SMILES string of the molecule is CC(C)CC(C)(Cc1ccccc1)NC(=O)c1ccc2ccccc2n1. The monoisotopic (exact) mass is 346 g/mol. The Kier molecular flexibility index (Phi) is 5.36. The maximum atomic E-state index is 12.9. The molecule has 1 atom stereocenters. The third-order valence-electron chi connectivity index (χ3n) is 4.54. The van der Waals surface area contributed by atoms with Crippen LogP contribution in [0.5, 0.6) is 0 Å². The first-order valence-electron chi connectivity index (χ1n) is 9.17. The summed E-state index contributed by atoms with van der Waals surface area (Å²) in [6, 6.07) is 21.9. The summed E-state index contributed by atoms with van der Waals surface area (Å²) in [5.74, 6) is 0.364. The van der Waals surface area contributed by atoms with Gasteiger partial charge in [0.2, 0.25) is 0 Å². The van der Waals surface area contributed by atoms with Gasteiger partial charge in [0.1, 0.15) is 5.69 Å². The summed E-state index contributed by atoms with van der Waals surface area (Å²) < 4.78 is 0. The number of fused-ring (bicyclic) bond motifs is 1. The minimum Gasteiger partial charge on any atom is -0.345 e. The van der Waals surface area contributed by atoms with Crippen LogP contribution >= 0.6 is 0 Å². The molecule has 1 heterocycles. The predicted octanol–water partition coefficient (Wildman–Crippen LogP) is 5.01. The van der Waals surface area contributed by atoms with Gasteiger partial charge in [-0.3, -0.25) is 4.79 Å². The fraction of sp³-hybridized carbons (Fsp3) is 0.304. The van der Waals surface area contributed by atoms with E-state index in [4.69, 9.17) is 0 Å². The lowest BCUT2D eigenvalue weighted by molar-refractivity contribution is 0.0889. The Labute approximate surface area is 155 Å². The molecular formula is C23H26N2O. The number of pyridine rings is 1. The Morgan fingerprint density at radius 1 is 1.00 bits per heavy atom. The summed E-state index contributed by atoms with van der Waals surface area (Å²) in [7, 11) is 0. The van der Waals surface area contributed by atoms with E-state index in [1.807, 2.05) is 48.5 Å². The van der Waals surface area contributed by atoms with E-state index >= 15 is 0 Å². The van der Waals surface area contributed by atoms with Gasteiger partial charge in [0.15, 0.2) is 0 Å². The smallest absolute Gasteiger partial charge is 0.270 e. The van der Waals surface area contributed by atoms with Crippen molar-refractivity contribution in [3.63, 3.8) is 0 Å². The van der Waals surface area contributed by atoms with Crippen LogP contribution in [0.4, 0.5) is 0 Å². The Hall–Kier alpha value is -2.68. The highest BCUT2D eigenvalue weighted by atomic mass is 16.2. The van der Waals surface area contributed by atoms with Crippen molar-refractivity contribution < 1.29 is 4.79 Å². The molecule has 0 saturated carbocycles. The highest BCUT2D eigenvalue weighted by molar-refractivity contribution is 5.95. The number of rotatable bonds is 6. The van der Waals surface area contributed by atoms with Crippen LogP contribution in [0.15, 0.2) is 66.7 Å². The van der Waals surface area contributed by atoms with E-state index in [2.05, 4.69) is 43.2 Å². The summed E-state index contributed by atoms with van der Waals surface area (Å²) in [6.45, 7) is 6.49. The maximum Gasteiger partial charge on any atom is 0.270 e. The van der Waals surface area contributed by atoms with E-state index in [0.29, 0.717) is 11.6 Å². The normalized spacial score (nSPS) is 13.5. The van der Waals surface area contributed by atoms with Crippen LogP contribution in [0.25, 0.3) is 10.9 Å². The first kappa shape index (κ1) is 18.1. The Morgan fingerprint density at radius 2 is 1.69 bits per heavy atom. The highest BCUT2D eigenvalue weighted by Crippen LogP contribution is 2.23. The van der Waals surface area contributed by atoms with Crippen molar-refractivity contribution in [2.24, 2.45) is 5.92 Å². The molecular weight excluding hydrogens is 320 g/mol. The topological polar surface area (TPSA) is 42.0 Å². The van der Waals surface area contributed by atoms with Gasteiger partial charge in [-0.2, -0.15) is 0 Å². The van der Waals surface area contributed by atoms with E-state index in [1.54, 1.807) is 6.07 Å². The molecule has 1 amide bonds. The quantitative estimate of drug-likeness (QED) is 0.681. The summed E-state index contributed by atoms with van der Waals surface area (Å²) in [6.07, 6.45) is 1.70. The van der Waals surface area contributed by atoms with E-state index in [9.17, 15) is 4.79 Å². The van der Waals surface area contributed by atoms with Crippen molar-refractivity contribution in [3.05, 3.63) is 78.0 Å². The van der Waals surface area contributed by atoms with Crippen molar-refractivity contribution in [1.82, 2.24) is 10.3 Å². The zero-order valence-electron chi connectivity index (χ0n) is 15.7. The molecule has 3 rings (SSSR count). The third kappa shape index (κ3) is 4.48. The molecule has 3 nitrogen and oxygen atoms in total. The van der Waals surface area contributed by atoms with Gasteiger partial charge < -0.3 is 5.32 Å². The number of carbonyl (C=O) groups excluding carboxylic acids is 1. The Balaban J connectivity index is 1.83. The van der Waals surface area contributed by atoms with Gasteiger partial charge in [0.25, 0.3) is 5.91 Å². The number of para-hydroxylation sites is 1. The molecule has 1 unspecified atom stereocenters. The molecule has 0 spiro atoms. The van der Waals surface area contributed by atoms with Crippen LogP contribution in [0.1, 0.15) is 43.2 Å². The average molecular weight is 346 g/mol. The molecule has 1 aromatic heterocycles. The van der Waals surface area contributed by atoms with Crippen molar-refractivity contribution in [2.75, 3.05) is 0 Å². The summed E-state index contributed by atoms with van der Waals surface area (Å²) >= 11 is 0. The number of carbonyl (C=O) groups is 1. The van der Waals surface area contributed by atoms with Gasteiger partial charge in [0, 0.05) is 10.9 Å². The first-order chi connectivity index (χ1) is 12.5. The van der Waals surface area contributed by atoms with Crippen LogP contribution in [0, 0.1) is 5.92 Å². The zero-order chi connectivity index (χ0) is 18.6. The van der Waals surface area contributed by atoms with Crippen molar-refractivity contribution in [3.8, 4) is 0 Å². The third-order valence-corrected chi connectivity index (χ3v) is 4.54. The van der Waals surface area contributed by atoms with Crippen LogP contribution in [0.2, 0.25) is 0 Å². The molecule has 0 aliphatic heterocycles. The number of nitrogens with zero attached hydrogens (tertiary/aromatic N) is 1. The molecule has 134 valence electrons. The largest absolute Gasteiger partial charge is 0.345 e. The fourth-order valence-corrected chi connectivity index (χ4v) is 3.65. The molecule has 2 aromatic carbocycles. The van der Waals surface area contributed by atoms with Gasteiger partial charge >= 0.3 is 0 Å². The molecule has 0 aliphatic rings. The van der Waals surface area contributed by atoms with E-state index < -0.39 is 0 Å². The lowest BCUT2D eigenvalue weighted by atomic mass is 9.84. The molecule has 1 N–H and O–H groups in total. The standard InChI is InChI=1S/C23H26N2O/c1-17(2)15-23(3,16-18-9-5-4-6-10-18)25-22(26)21-14-13-19-11-7-8-12-20(19)24-21/h4-14,17H,15-16H2,1-3H3,(H,25,26). The number of hydrogen-bond acceptors (Lipinski definition) is 2. The van der Waals surface area contributed by atoms with Crippen LogP contribution < -0.4 is 5.32 Å². The number of nitrogens with one attached hydrogen (secondary N) is 1. The van der Waals surface area contributed by atoms with Crippen molar-refractivity contribution >= 4 is 16.8 Å². The van der Waals surface area contributed by atoms with Crippen LogP contribution in [0.3, 0.4) is 0 Å². The molecule has 3 aromatic rings. The maximum absolute atomic E-state index is 12.9. The van der Waals surface area contributed by atoms with Gasteiger partial charge in [0.05, 0.1) is 5.52 Å². The molecule has 26 heavy (non-hydrogen) atoms. The Morgan fingerprint density at radius 3 is 2.42 bits per heavy atom. The average Bonchev–Trinajstić information content (AvgIpc) is 2.61. The molecule has 0 aliphatic carbocycles.